The number of rotatable bonds is 7. The largest absolute Gasteiger partial charge is 0.491 e. The lowest BCUT2D eigenvalue weighted by Crippen LogP contribution is -2.41. The van der Waals surface area contributed by atoms with E-state index in [1.165, 1.54) is 30.4 Å². The molecule has 1 aromatic rings. The van der Waals surface area contributed by atoms with Gasteiger partial charge in [-0.2, -0.15) is 0 Å². The van der Waals surface area contributed by atoms with E-state index < -0.39 is 6.10 Å². The van der Waals surface area contributed by atoms with Crippen molar-refractivity contribution >= 4 is 0 Å². The first-order chi connectivity index (χ1) is 9.47. The third kappa shape index (κ3) is 4.50. The summed E-state index contributed by atoms with van der Waals surface area (Å²) in [6.07, 6.45) is 3.49. The van der Waals surface area contributed by atoms with Crippen LogP contribution in [0.5, 0.6) is 5.75 Å². The van der Waals surface area contributed by atoms with Crippen LogP contribution in [0.3, 0.4) is 0 Å². The number of aliphatic hydroxyl groups excluding tert-OH is 1. The second kappa shape index (κ2) is 6.59. The first-order valence-corrected chi connectivity index (χ1v) is 7.57. The summed E-state index contributed by atoms with van der Waals surface area (Å²) in [6, 6.07) is 6.12. The molecule has 2 rings (SSSR count). The van der Waals surface area contributed by atoms with Gasteiger partial charge in [0.25, 0.3) is 0 Å². The molecule has 0 bridgehead atoms. The van der Waals surface area contributed by atoms with Crippen molar-refractivity contribution in [1.29, 1.82) is 0 Å². The highest BCUT2D eigenvalue weighted by atomic mass is 16.5. The highest BCUT2D eigenvalue weighted by molar-refractivity contribution is 5.32. The predicted molar refractivity (Wildman–Crippen MR) is 82.2 cm³/mol. The maximum Gasteiger partial charge on any atom is 0.119 e. The van der Waals surface area contributed by atoms with Crippen LogP contribution in [0.2, 0.25) is 0 Å². The molecule has 1 atom stereocenters. The second-order valence-electron chi connectivity index (χ2n) is 6.58. The van der Waals surface area contributed by atoms with E-state index in [0.29, 0.717) is 18.6 Å². The van der Waals surface area contributed by atoms with Crippen LogP contribution in [-0.4, -0.2) is 30.9 Å². The summed E-state index contributed by atoms with van der Waals surface area (Å²) >= 11 is 0. The van der Waals surface area contributed by atoms with E-state index in [1.54, 1.807) is 0 Å². The third-order valence-electron chi connectivity index (χ3n) is 4.13. The van der Waals surface area contributed by atoms with E-state index in [2.05, 4.69) is 32.2 Å². The molecule has 1 fully saturated rings. The Morgan fingerprint density at radius 3 is 2.45 bits per heavy atom. The minimum absolute atomic E-state index is 0.340. The summed E-state index contributed by atoms with van der Waals surface area (Å²) in [6.45, 7) is 8.34. The van der Waals surface area contributed by atoms with Gasteiger partial charge in [0.15, 0.2) is 0 Å². The number of hydrogen-bond acceptors (Lipinski definition) is 3. The zero-order chi connectivity index (χ0) is 14.6. The molecule has 3 nitrogen and oxygen atoms in total. The standard InChI is InChI=1S/C17H27NO2/c1-13-7-14(2)9-16(8-13)20-11-15(19)10-18-12-17(3)5-4-6-17/h7-9,15,18-19H,4-6,10-12H2,1-3H3. The Morgan fingerprint density at radius 1 is 1.25 bits per heavy atom. The smallest absolute Gasteiger partial charge is 0.119 e. The van der Waals surface area contributed by atoms with Crippen molar-refractivity contribution in [2.45, 2.75) is 46.1 Å². The van der Waals surface area contributed by atoms with Gasteiger partial charge in [0.2, 0.25) is 0 Å². The summed E-state index contributed by atoms with van der Waals surface area (Å²) in [5, 5.41) is 13.3. The molecule has 1 unspecified atom stereocenters. The normalized spacial score (nSPS) is 18.4. The lowest BCUT2D eigenvalue weighted by atomic mass is 9.70. The Labute approximate surface area is 122 Å². The van der Waals surface area contributed by atoms with E-state index in [9.17, 15) is 5.11 Å². The fourth-order valence-corrected chi connectivity index (χ4v) is 2.77. The zero-order valence-corrected chi connectivity index (χ0v) is 12.9. The minimum Gasteiger partial charge on any atom is -0.491 e. The van der Waals surface area contributed by atoms with Crippen LogP contribution in [0.1, 0.15) is 37.3 Å². The Morgan fingerprint density at radius 2 is 1.90 bits per heavy atom. The molecule has 1 aliphatic carbocycles. The molecule has 0 radical (unpaired) electrons. The molecule has 1 saturated carbocycles. The molecule has 0 saturated heterocycles. The summed E-state index contributed by atoms with van der Waals surface area (Å²) in [7, 11) is 0. The van der Waals surface area contributed by atoms with Gasteiger partial charge in [-0.25, -0.2) is 0 Å². The quantitative estimate of drug-likeness (QED) is 0.805. The number of nitrogens with one attached hydrogen (secondary N) is 1. The maximum atomic E-state index is 9.95. The van der Waals surface area contributed by atoms with E-state index in [1.807, 2.05) is 12.1 Å². The lowest BCUT2D eigenvalue weighted by Gasteiger charge is -2.38. The van der Waals surface area contributed by atoms with Gasteiger partial charge < -0.3 is 15.2 Å². The van der Waals surface area contributed by atoms with Crippen LogP contribution in [0.4, 0.5) is 0 Å². The van der Waals surface area contributed by atoms with Crippen molar-refractivity contribution in [1.82, 2.24) is 5.32 Å². The van der Waals surface area contributed by atoms with Gasteiger partial charge in [-0.1, -0.05) is 19.4 Å². The Bertz CT molecular complexity index is 420. The van der Waals surface area contributed by atoms with Gasteiger partial charge >= 0.3 is 0 Å². The van der Waals surface area contributed by atoms with Crippen molar-refractivity contribution in [3.05, 3.63) is 29.3 Å². The fraction of sp³-hybridized carbons (Fsp3) is 0.647. The molecular formula is C17H27NO2. The highest BCUT2D eigenvalue weighted by Crippen LogP contribution is 2.39. The van der Waals surface area contributed by atoms with Crippen LogP contribution in [0.25, 0.3) is 0 Å². The number of hydrogen-bond donors (Lipinski definition) is 2. The van der Waals surface area contributed by atoms with Gasteiger partial charge in [0.1, 0.15) is 18.5 Å². The van der Waals surface area contributed by atoms with Crippen molar-refractivity contribution in [2.24, 2.45) is 5.41 Å². The molecule has 112 valence electrons. The summed E-state index contributed by atoms with van der Waals surface area (Å²) < 4.78 is 5.66. The van der Waals surface area contributed by atoms with Gasteiger partial charge in [0.05, 0.1) is 0 Å². The number of aryl methyl sites for hydroxylation is 2. The van der Waals surface area contributed by atoms with Crippen LogP contribution < -0.4 is 10.1 Å². The highest BCUT2D eigenvalue weighted by Gasteiger charge is 2.31. The zero-order valence-electron chi connectivity index (χ0n) is 12.9. The molecular weight excluding hydrogens is 250 g/mol. The van der Waals surface area contributed by atoms with Gasteiger partial charge in [-0.05, 0) is 55.4 Å². The molecule has 20 heavy (non-hydrogen) atoms. The van der Waals surface area contributed by atoms with Crippen LogP contribution in [0.15, 0.2) is 18.2 Å². The summed E-state index contributed by atoms with van der Waals surface area (Å²) in [5.74, 6) is 0.840. The molecule has 0 aromatic heterocycles. The average molecular weight is 277 g/mol. The van der Waals surface area contributed by atoms with E-state index >= 15 is 0 Å². The molecule has 1 aromatic carbocycles. The predicted octanol–water partition coefficient (Wildman–Crippen LogP) is 2.82. The van der Waals surface area contributed by atoms with Crippen LogP contribution >= 0.6 is 0 Å². The number of benzene rings is 1. The SMILES string of the molecule is Cc1cc(C)cc(OCC(O)CNCC2(C)CCC2)c1. The van der Waals surface area contributed by atoms with Crippen LogP contribution in [-0.2, 0) is 0 Å². The van der Waals surface area contributed by atoms with E-state index in [4.69, 9.17) is 4.74 Å². The Kier molecular flexibility index (Phi) is 5.06. The minimum atomic E-state index is -0.459. The van der Waals surface area contributed by atoms with Gasteiger partial charge in [-0.15, -0.1) is 0 Å². The first-order valence-electron chi connectivity index (χ1n) is 7.57. The maximum absolute atomic E-state index is 9.95. The van der Waals surface area contributed by atoms with Crippen LogP contribution in [0, 0.1) is 19.3 Å². The van der Waals surface area contributed by atoms with Crippen molar-refractivity contribution in [3.8, 4) is 5.75 Å². The fourth-order valence-electron chi connectivity index (χ4n) is 2.77. The molecule has 2 N–H and O–H groups in total. The molecule has 3 heteroatoms. The first kappa shape index (κ1) is 15.3. The summed E-state index contributed by atoms with van der Waals surface area (Å²) in [5.41, 5.74) is 2.82. The molecule has 0 amide bonds. The van der Waals surface area contributed by atoms with Crippen molar-refractivity contribution in [2.75, 3.05) is 19.7 Å². The second-order valence-corrected chi connectivity index (χ2v) is 6.58. The summed E-state index contributed by atoms with van der Waals surface area (Å²) in [4.78, 5) is 0. The molecule has 1 aliphatic rings. The number of aliphatic hydroxyl groups is 1. The van der Waals surface area contributed by atoms with Gasteiger partial charge in [-0.3, -0.25) is 0 Å². The monoisotopic (exact) mass is 277 g/mol. The van der Waals surface area contributed by atoms with E-state index in [-0.39, 0.29) is 0 Å². The molecule has 0 spiro atoms. The van der Waals surface area contributed by atoms with Gasteiger partial charge in [0, 0.05) is 13.1 Å². The topological polar surface area (TPSA) is 41.5 Å². The molecule has 0 aliphatic heterocycles. The van der Waals surface area contributed by atoms with Crippen molar-refractivity contribution in [3.63, 3.8) is 0 Å². The Balaban J connectivity index is 1.67. The van der Waals surface area contributed by atoms with Crippen molar-refractivity contribution < 1.29 is 9.84 Å². The van der Waals surface area contributed by atoms with E-state index in [0.717, 1.165) is 12.3 Å². The number of ether oxygens (including phenoxy) is 1. The molecule has 0 heterocycles. The average Bonchev–Trinajstić information content (AvgIpc) is 2.33. The lowest BCUT2D eigenvalue weighted by molar-refractivity contribution is 0.0946. The Hall–Kier alpha value is -1.06. The third-order valence-corrected chi connectivity index (χ3v) is 4.13.